The molecular weight excluding hydrogens is 477 g/mol. The smallest absolute Gasteiger partial charge is 0.296 e. The number of oxazole rings is 1. The van der Waals surface area contributed by atoms with Crippen molar-refractivity contribution in [3.8, 4) is 5.75 Å². The summed E-state index contributed by atoms with van der Waals surface area (Å²) >= 11 is 6.05. The number of carbonyl (C=O) groups is 1. The highest BCUT2D eigenvalue weighted by Gasteiger charge is 2.36. The predicted molar refractivity (Wildman–Crippen MR) is 131 cm³/mol. The second-order valence-corrected chi connectivity index (χ2v) is 8.83. The summed E-state index contributed by atoms with van der Waals surface area (Å²) in [4.78, 5) is 19.6. The Morgan fingerprint density at radius 2 is 2.23 bits per heavy atom. The monoisotopic (exact) mass is 505 g/mol. The van der Waals surface area contributed by atoms with Crippen molar-refractivity contribution >= 4 is 34.6 Å². The van der Waals surface area contributed by atoms with Crippen LogP contribution in [0.5, 0.6) is 5.75 Å². The van der Waals surface area contributed by atoms with Crippen LogP contribution in [-0.4, -0.2) is 66.6 Å². The summed E-state index contributed by atoms with van der Waals surface area (Å²) < 4.78 is 30.8. The lowest BCUT2D eigenvalue weighted by atomic mass is 10.1. The minimum Gasteiger partial charge on any atom is -0.493 e. The Morgan fingerprint density at radius 1 is 1.40 bits per heavy atom. The SMILES string of the molecule is CCOC1CC(CCO)N(C(=O)c2cc(OC)c3oc(NC(CF)c4cccc(Cl)c4)nc3c2)C1. The summed E-state index contributed by atoms with van der Waals surface area (Å²) in [7, 11) is 1.48. The molecule has 0 saturated carbocycles. The van der Waals surface area contributed by atoms with Crippen LogP contribution in [0.2, 0.25) is 5.02 Å². The number of rotatable bonds is 10. The fourth-order valence-corrected chi connectivity index (χ4v) is 4.69. The van der Waals surface area contributed by atoms with Crippen molar-refractivity contribution in [3.05, 3.63) is 52.5 Å². The number of amides is 1. The number of methoxy groups -OCH3 is 1. The zero-order valence-corrected chi connectivity index (χ0v) is 20.4. The van der Waals surface area contributed by atoms with Gasteiger partial charge in [0.1, 0.15) is 12.2 Å². The number of halogens is 2. The van der Waals surface area contributed by atoms with Crippen molar-refractivity contribution in [2.75, 3.05) is 38.9 Å². The minimum atomic E-state index is -0.715. The number of alkyl halides is 1. The van der Waals surface area contributed by atoms with Crippen molar-refractivity contribution < 1.29 is 28.2 Å². The number of hydrogen-bond acceptors (Lipinski definition) is 7. The number of aliphatic hydroxyl groups excluding tert-OH is 1. The first-order valence-corrected chi connectivity index (χ1v) is 11.9. The van der Waals surface area contributed by atoms with Crippen LogP contribution in [-0.2, 0) is 4.74 Å². The molecule has 10 heteroatoms. The lowest BCUT2D eigenvalue weighted by Crippen LogP contribution is -2.36. The fourth-order valence-electron chi connectivity index (χ4n) is 4.49. The second kappa shape index (κ2) is 11.2. The molecule has 0 aliphatic carbocycles. The van der Waals surface area contributed by atoms with Crippen molar-refractivity contribution in [1.82, 2.24) is 9.88 Å². The van der Waals surface area contributed by atoms with Gasteiger partial charge in [-0.2, -0.15) is 4.98 Å². The third-order valence-electron chi connectivity index (χ3n) is 6.13. The Bertz CT molecular complexity index is 1170. The molecule has 4 rings (SSSR count). The van der Waals surface area contributed by atoms with E-state index in [-0.39, 0.29) is 30.7 Å². The van der Waals surface area contributed by atoms with Crippen molar-refractivity contribution in [2.45, 2.75) is 38.0 Å². The first kappa shape index (κ1) is 25.2. The third kappa shape index (κ3) is 5.52. The highest BCUT2D eigenvalue weighted by molar-refractivity contribution is 6.30. The summed E-state index contributed by atoms with van der Waals surface area (Å²) in [5, 5.41) is 12.9. The van der Waals surface area contributed by atoms with Gasteiger partial charge in [0.15, 0.2) is 11.3 Å². The molecule has 1 saturated heterocycles. The molecule has 0 radical (unpaired) electrons. The standard InChI is InChI=1S/C25H29ClFN3O5/c1-3-34-19-12-18(7-8-31)30(14-19)24(32)16-10-20-23(22(11-16)33-2)35-25(28-20)29-21(13-27)15-5-4-6-17(26)9-15/h4-6,9-11,18-19,21,31H,3,7-8,12-14H2,1-2H3,(H,28,29). The molecule has 35 heavy (non-hydrogen) atoms. The van der Waals surface area contributed by atoms with Gasteiger partial charge < -0.3 is 29.2 Å². The Labute approximate surface area is 208 Å². The molecule has 188 valence electrons. The van der Waals surface area contributed by atoms with Gasteiger partial charge in [-0.05, 0) is 49.6 Å². The van der Waals surface area contributed by atoms with Gasteiger partial charge in [-0.1, -0.05) is 23.7 Å². The number of aromatic nitrogens is 1. The number of fused-ring (bicyclic) bond motifs is 1. The van der Waals surface area contributed by atoms with Crippen LogP contribution in [0.3, 0.4) is 0 Å². The Kier molecular flexibility index (Phi) is 8.10. The number of nitrogens with zero attached hydrogens (tertiary/aromatic N) is 2. The lowest BCUT2D eigenvalue weighted by molar-refractivity contribution is 0.0587. The molecule has 1 aliphatic rings. The van der Waals surface area contributed by atoms with Crippen LogP contribution < -0.4 is 10.1 Å². The Morgan fingerprint density at radius 3 is 2.91 bits per heavy atom. The van der Waals surface area contributed by atoms with E-state index in [2.05, 4.69) is 10.3 Å². The normalized spacial score (nSPS) is 18.7. The molecule has 8 nitrogen and oxygen atoms in total. The zero-order chi connectivity index (χ0) is 24.9. The number of aliphatic hydroxyl groups is 1. The van der Waals surface area contributed by atoms with E-state index in [1.54, 1.807) is 41.3 Å². The van der Waals surface area contributed by atoms with Gasteiger partial charge in [-0.15, -0.1) is 0 Å². The highest BCUT2D eigenvalue weighted by atomic mass is 35.5. The highest BCUT2D eigenvalue weighted by Crippen LogP contribution is 2.33. The Hall–Kier alpha value is -2.88. The van der Waals surface area contributed by atoms with Gasteiger partial charge in [0, 0.05) is 36.4 Å². The largest absolute Gasteiger partial charge is 0.493 e. The van der Waals surface area contributed by atoms with E-state index < -0.39 is 12.7 Å². The number of carbonyl (C=O) groups excluding carboxylic acids is 1. The summed E-state index contributed by atoms with van der Waals surface area (Å²) in [6.07, 6.45) is 1.07. The van der Waals surface area contributed by atoms with Crippen LogP contribution >= 0.6 is 11.6 Å². The number of hydrogen-bond donors (Lipinski definition) is 2. The summed E-state index contributed by atoms with van der Waals surface area (Å²) in [6.45, 7) is 2.20. The zero-order valence-electron chi connectivity index (χ0n) is 19.7. The van der Waals surface area contributed by atoms with Crippen LogP contribution in [0, 0.1) is 0 Å². The maximum Gasteiger partial charge on any atom is 0.296 e. The Balaban J connectivity index is 1.61. The van der Waals surface area contributed by atoms with Crippen molar-refractivity contribution in [3.63, 3.8) is 0 Å². The predicted octanol–water partition coefficient (Wildman–Crippen LogP) is 4.61. The summed E-state index contributed by atoms with van der Waals surface area (Å²) in [6, 6.07) is 9.39. The van der Waals surface area contributed by atoms with Crippen LogP contribution in [0.4, 0.5) is 10.4 Å². The van der Waals surface area contributed by atoms with E-state index >= 15 is 0 Å². The van der Waals surface area contributed by atoms with E-state index in [0.717, 1.165) is 0 Å². The van der Waals surface area contributed by atoms with Crippen LogP contribution in [0.15, 0.2) is 40.8 Å². The van der Waals surface area contributed by atoms with E-state index in [1.807, 2.05) is 6.92 Å². The third-order valence-corrected chi connectivity index (χ3v) is 6.36. The molecule has 1 amide bonds. The minimum absolute atomic E-state index is 0.0175. The molecule has 3 aromatic rings. The quantitative estimate of drug-likeness (QED) is 0.415. The number of ether oxygens (including phenoxy) is 2. The molecule has 2 aromatic carbocycles. The molecule has 0 bridgehead atoms. The van der Waals surface area contributed by atoms with Crippen molar-refractivity contribution in [1.29, 1.82) is 0 Å². The van der Waals surface area contributed by atoms with Crippen LogP contribution in [0.25, 0.3) is 11.1 Å². The molecule has 2 heterocycles. The maximum atomic E-state index is 13.8. The topological polar surface area (TPSA) is 97.1 Å². The van der Waals surface area contributed by atoms with E-state index in [0.29, 0.717) is 59.0 Å². The summed E-state index contributed by atoms with van der Waals surface area (Å²) in [5.74, 6) is 0.133. The average Bonchev–Trinajstić information content (AvgIpc) is 3.45. The molecule has 0 spiro atoms. The number of benzene rings is 2. The van der Waals surface area contributed by atoms with Gasteiger partial charge in [0.05, 0.1) is 19.3 Å². The second-order valence-electron chi connectivity index (χ2n) is 8.39. The molecular formula is C25H29ClFN3O5. The van der Waals surface area contributed by atoms with Crippen LogP contribution in [0.1, 0.15) is 41.7 Å². The molecule has 1 aromatic heterocycles. The molecule has 1 fully saturated rings. The van der Waals surface area contributed by atoms with E-state index in [1.165, 1.54) is 7.11 Å². The van der Waals surface area contributed by atoms with Gasteiger partial charge in [-0.3, -0.25) is 4.79 Å². The van der Waals surface area contributed by atoms with Gasteiger partial charge >= 0.3 is 0 Å². The fraction of sp³-hybridized carbons (Fsp3) is 0.440. The first-order valence-electron chi connectivity index (χ1n) is 11.6. The molecule has 2 N–H and O–H groups in total. The maximum absolute atomic E-state index is 13.8. The molecule has 3 atom stereocenters. The van der Waals surface area contributed by atoms with Gasteiger partial charge in [0.2, 0.25) is 0 Å². The lowest BCUT2D eigenvalue weighted by Gasteiger charge is -2.24. The number of anilines is 1. The van der Waals surface area contributed by atoms with E-state index in [9.17, 15) is 14.3 Å². The summed E-state index contributed by atoms with van der Waals surface area (Å²) in [5.41, 5.74) is 1.78. The van der Waals surface area contributed by atoms with Gasteiger partial charge in [-0.25, -0.2) is 4.39 Å². The van der Waals surface area contributed by atoms with Crippen molar-refractivity contribution in [2.24, 2.45) is 0 Å². The van der Waals surface area contributed by atoms with E-state index in [4.69, 9.17) is 25.5 Å². The molecule has 1 aliphatic heterocycles. The first-order chi connectivity index (χ1) is 17.0. The average molecular weight is 506 g/mol. The number of likely N-dealkylation sites (tertiary alicyclic amines) is 1. The van der Waals surface area contributed by atoms with Gasteiger partial charge in [0.25, 0.3) is 11.9 Å². The molecule has 3 unspecified atom stereocenters. The number of nitrogens with one attached hydrogen (secondary N) is 1.